The lowest BCUT2D eigenvalue weighted by Gasteiger charge is -2.34. The van der Waals surface area contributed by atoms with Crippen molar-refractivity contribution in [2.45, 2.75) is 347 Å². The standard InChI is InChI=1S/C12H17NO2S.C11H16N2O.C10H15N3O.C9H15NO2.C7H12O2.C6H15BO2.C6H13N.C6H10O2.C6H14O2.C5H9ClO.C5H11N.C5H13N.C5H10O2S.C5H10S.C4H11BO2/c1-9(2)12-8-13(12)16(14,15)11-6-4-10(3)5-7-11;1-7(2)8-3-4-11(6-14-11)9-5-12-13-10(8)9;1-7(2)13-4-3-10(6-14-10)8-5-11-12-9(8)13;1-7(2)10-4-3-9(6-12-9)5-8(10)11;1-5(2)6-3-4-9-7(6)8;1-6(2)5-7(8-3)9-4;1-5(2)6-4-7(6)3;1-4(2)5-3-8-6(5)7;1-5(2)6(7-3)8-4;1-4(2)5(7)3-6;1-4(2)5-3-6-5;1-4-6-5(2)3;1-4(2)5-3-8(5,6)7;1-4(2)5-3-6-5;1-4(2)3-5(6)7/h4-7,9,12H,8H2,1-3H3;7-8H,3-6H2,1-2H3;7H,3-6H2,1-2H3;7H,3-6H2,1-2H3;5-6H,3-4H2,1-2H3;6H,5H2,1-4H3;5-6H,4H2,1-3H3;4-5H,3H2,1-2H3;5-6H,1-4H3;4H,3H2,1-2H3;4-6H,3H2,1-2H3;5-6H,4H2,1-3H3;4-5H,3H2,1-2H3;4-5H,3H2,1-2H3;4,6-7H,3H2,1-2H3. The molecule has 0 aromatic heterocycles. The number of hydrogen-bond donors (Lipinski definition) is 4. The van der Waals surface area contributed by atoms with Crippen molar-refractivity contribution < 1.29 is 88.5 Å². The van der Waals surface area contributed by atoms with Crippen LogP contribution in [0.4, 0.5) is 0 Å². The van der Waals surface area contributed by atoms with Crippen LogP contribution in [-0.4, -0.2) is 292 Å². The zero-order valence-corrected chi connectivity index (χ0v) is 95.0. The maximum absolute atomic E-state index is 12.1. The molecule has 11 saturated heterocycles. The van der Waals surface area contributed by atoms with Crippen LogP contribution in [0.2, 0.25) is 12.6 Å². The average molecular weight is 2010 g/mol. The highest BCUT2D eigenvalue weighted by atomic mass is 35.5. The molecule has 35 heteroatoms. The van der Waals surface area contributed by atoms with Crippen molar-refractivity contribution in [1.82, 2.24) is 29.6 Å². The molecule has 0 bridgehead atoms. The Labute approximate surface area is 841 Å². The Morgan fingerprint density at radius 2 is 1.12 bits per heavy atom. The fourth-order valence-electron chi connectivity index (χ4n) is 15.6. The van der Waals surface area contributed by atoms with Crippen LogP contribution in [0.1, 0.15) is 259 Å². The van der Waals surface area contributed by atoms with Gasteiger partial charge in [0.05, 0.1) is 85.2 Å². The van der Waals surface area contributed by atoms with Gasteiger partial charge in [-0.1, -0.05) is 205 Å². The summed E-state index contributed by atoms with van der Waals surface area (Å²) >= 11 is 7.27. The summed E-state index contributed by atoms with van der Waals surface area (Å²) in [5.74, 6) is 10.8. The minimum atomic E-state index is -3.24. The number of ketones is 1. The van der Waals surface area contributed by atoms with E-state index in [1.165, 1.54) is 48.5 Å². The van der Waals surface area contributed by atoms with E-state index >= 15 is 0 Å². The van der Waals surface area contributed by atoms with E-state index in [-0.39, 0.29) is 88.8 Å². The van der Waals surface area contributed by atoms with E-state index in [0.717, 1.165) is 125 Å². The number of carbonyl (C=O) groups excluding carboxylic acids is 4. The van der Waals surface area contributed by atoms with Crippen LogP contribution in [0.5, 0.6) is 0 Å². The van der Waals surface area contributed by atoms with Gasteiger partial charge in [-0.05, 0) is 158 Å². The van der Waals surface area contributed by atoms with Gasteiger partial charge in [-0.15, -0.1) is 16.7 Å². The summed E-state index contributed by atoms with van der Waals surface area (Å²) in [4.78, 5) is 50.2. The summed E-state index contributed by atoms with van der Waals surface area (Å²) in [6, 6.07) is 10.5. The number of piperidine rings is 1. The van der Waals surface area contributed by atoms with Crippen molar-refractivity contribution in [2.75, 3.05) is 138 Å². The molecule has 14 aliphatic heterocycles. The maximum atomic E-state index is 12.1. The molecule has 1 amide bonds. The van der Waals surface area contributed by atoms with Gasteiger partial charge in [0.15, 0.2) is 21.9 Å². The second kappa shape index (κ2) is 62.7. The van der Waals surface area contributed by atoms with E-state index in [4.69, 9.17) is 59.4 Å². The Morgan fingerprint density at radius 1 is 0.635 bits per heavy atom. The van der Waals surface area contributed by atoms with E-state index in [1.54, 1.807) is 44.9 Å². The number of likely N-dealkylation sites (N-methyl/N-ethyl adjacent to an activating group) is 1. The molecule has 29 nitrogen and oxygen atoms in total. The van der Waals surface area contributed by atoms with E-state index in [1.807, 2.05) is 79.3 Å². The average Bonchev–Trinajstić information content (AvgIpc) is 1.57. The van der Waals surface area contributed by atoms with Gasteiger partial charge in [0.25, 0.3) is 0 Å². The number of aryl methyl sites for hydroxylation is 1. The number of sulfonamides is 1. The molecule has 13 unspecified atom stereocenters. The number of rotatable bonds is 25. The minimum absolute atomic E-state index is 0.00926. The fraction of sp³-hybridized carbons (Fsp3) is 0.863. The predicted octanol–water partition coefficient (Wildman–Crippen LogP) is 17.9. The zero-order chi connectivity index (χ0) is 105. The van der Waals surface area contributed by atoms with Crippen LogP contribution in [0, 0.1) is 95.7 Å². The molecular formula is C102H191B2ClN10O19S3. The molecule has 3 spiro atoms. The topological polar surface area (TPSA) is 366 Å². The molecule has 13 atom stereocenters. The highest BCUT2D eigenvalue weighted by Gasteiger charge is 2.56. The first-order valence-corrected chi connectivity index (χ1v) is 55.7. The number of alkyl halides is 1. The van der Waals surface area contributed by atoms with Crippen molar-refractivity contribution in [3.05, 3.63) is 52.5 Å². The van der Waals surface area contributed by atoms with Crippen LogP contribution < -0.4 is 10.6 Å². The van der Waals surface area contributed by atoms with Gasteiger partial charge in [-0.3, -0.25) is 19.2 Å². The largest absolute Gasteiger partial charge is 0.465 e. The Bertz CT molecular complexity index is 3910. The molecule has 0 radical (unpaired) electrons. The lowest BCUT2D eigenvalue weighted by atomic mass is 9.76. The van der Waals surface area contributed by atoms with Crippen LogP contribution in [0.15, 0.2) is 72.3 Å². The third-order valence-electron chi connectivity index (χ3n) is 26.0. The first-order valence-electron chi connectivity index (χ1n) is 51.0. The number of fused-ring (bicyclic) bond motifs is 2. The number of sulfone groups is 1. The van der Waals surface area contributed by atoms with Crippen LogP contribution in [0.3, 0.4) is 0 Å². The molecule has 1 aromatic carbocycles. The van der Waals surface area contributed by atoms with E-state index in [0.29, 0.717) is 115 Å². The Balaban J connectivity index is 0.000000502. The number of cyclic esters (lactones) is 2. The maximum Gasteiger partial charge on any atom is 0.456 e. The number of nitrogens with zero attached hydrogens (tertiary/aromatic N) is 8. The number of esters is 2. The molecule has 11 fully saturated rings. The number of azo groups is 2. The summed E-state index contributed by atoms with van der Waals surface area (Å²) < 4.78 is 92.6. The summed E-state index contributed by atoms with van der Waals surface area (Å²) in [7, 11) is 1.84. The van der Waals surface area contributed by atoms with Gasteiger partial charge in [-0.25, -0.2) is 16.8 Å². The number of benzene rings is 1. The molecule has 16 rings (SSSR count). The SMILES string of the molecule is CC(C)C(=O)CCl.CC(C)C1CCC2(CO2)C2=C1N=NC2.CC(C)C1CCOC1=O.CC(C)C1CN1.CC(C)C1CN1C.CC(C)C1COC1=O.CC(C)C1CS1.CC(C)C1CS1(=O)=O.CC(C)CB(O)O.CC(C)N1CCC2(CO2)C2=C1N=NC2.CC(C)N1CCC2(CO2)CC1=O.CCNC(C)C.COB(CC(C)C)OC.COC(OC)C(C)C.Cc1ccc(S(=O)(=O)N2CC2C(C)C)cc1. The molecule has 1 aliphatic carbocycles. The van der Waals surface area contributed by atoms with E-state index < -0.39 is 27.0 Å². The quantitative estimate of drug-likeness (QED) is 0.0232. The molecular weight excluding hydrogens is 1820 g/mol. The number of Topliss-reactive ketones (excluding diaryl/α,β-unsaturated/α-hetero) is 1. The number of ether oxygens (including phenoxy) is 7. The number of methoxy groups -OCH3 is 2. The minimum Gasteiger partial charge on any atom is -0.465 e. The van der Waals surface area contributed by atoms with Crippen LogP contribution >= 0.6 is 23.4 Å². The Morgan fingerprint density at radius 3 is 1.36 bits per heavy atom. The zero-order valence-electron chi connectivity index (χ0n) is 91.8. The number of carbonyl (C=O) groups is 4. The molecule has 1 aromatic rings. The normalized spacial score (nSPS) is 26.4. The van der Waals surface area contributed by atoms with Gasteiger partial charge in [0.1, 0.15) is 29.2 Å². The Hall–Kier alpha value is -4.07. The number of amides is 1. The lowest BCUT2D eigenvalue weighted by molar-refractivity contribution is -0.171. The van der Waals surface area contributed by atoms with Crippen molar-refractivity contribution >= 4 is 81.1 Å². The number of thioether (sulfide) groups is 1. The van der Waals surface area contributed by atoms with Gasteiger partial charge >= 0.3 is 26.2 Å². The molecule has 4 N–H and O–H groups in total. The number of likely N-dealkylation sites (tertiary alicyclic amines) is 1. The fourth-order valence-corrected chi connectivity index (χ4v) is 20.4. The van der Waals surface area contributed by atoms with Crippen molar-refractivity contribution in [2.24, 2.45) is 109 Å². The lowest BCUT2D eigenvalue weighted by Crippen LogP contribution is -2.45. The summed E-state index contributed by atoms with van der Waals surface area (Å²) in [5.41, 5.74) is 5.14. The van der Waals surface area contributed by atoms with E-state index in [9.17, 15) is 36.0 Å². The van der Waals surface area contributed by atoms with Gasteiger partial charge < -0.3 is 77.8 Å². The highest BCUT2D eigenvalue weighted by molar-refractivity contribution is 8.06. The second-order valence-electron chi connectivity index (χ2n) is 43.5. The van der Waals surface area contributed by atoms with Crippen LogP contribution in [-0.2, 0) is 81.5 Å². The predicted molar refractivity (Wildman–Crippen MR) is 559 cm³/mol. The van der Waals surface area contributed by atoms with Crippen LogP contribution in [0.25, 0.3) is 0 Å². The van der Waals surface area contributed by atoms with Gasteiger partial charge in [0.2, 0.25) is 15.9 Å². The number of nitrogens with one attached hydrogen (secondary N) is 2. The molecule has 15 aliphatic rings. The van der Waals surface area contributed by atoms with Crippen molar-refractivity contribution in [3.8, 4) is 0 Å². The van der Waals surface area contributed by atoms with Crippen molar-refractivity contribution in [1.29, 1.82) is 0 Å². The molecule has 14 heterocycles. The second-order valence-corrected chi connectivity index (χ2v) is 49.1. The third-order valence-corrected chi connectivity index (χ3v) is 31.4. The first kappa shape index (κ1) is 129. The molecule has 137 heavy (non-hydrogen) atoms. The highest BCUT2D eigenvalue weighted by Crippen LogP contribution is 2.52. The number of hydrogen-bond acceptors (Lipinski definition) is 28. The molecule has 0 saturated carbocycles. The summed E-state index contributed by atoms with van der Waals surface area (Å²) in [5, 5.41) is 40.9. The number of halogens is 1. The summed E-state index contributed by atoms with van der Waals surface area (Å²) in [6.07, 6.45) is 7.44. The summed E-state index contributed by atoms with van der Waals surface area (Å²) in [6.45, 7) is 78.7. The monoisotopic (exact) mass is 2010 g/mol. The van der Waals surface area contributed by atoms with Crippen molar-refractivity contribution in [3.63, 3.8) is 0 Å². The van der Waals surface area contributed by atoms with Gasteiger partial charge in [-0.2, -0.15) is 31.4 Å². The van der Waals surface area contributed by atoms with Gasteiger partial charge in [0, 0.05) is 144 Å². The number of epoxide rings is 3. The smallest absolute Gasteiger partial charge is 0.456 e. The third kappa shape index (κ3) is 48.2. The van der Waals surface area contributed by atoms with E-state index in [2.05, 4.69) is 224 Å². The first-order chi connectivity index (χ1) is 63.8. The molecule has 794 valence electrons. The number of allylic oxidation sites excluding steroid dienone is 1. The Kier molecular flexibility index (Phi) is 59.0.